The second-order valence-electron chi connectivity index (χ2n) is 7.14. The van der Waals surface area contributed by atoms with Gasteiger partial charge in [-0.15, -0.1) is 0 Å². The minimum absolute atomic E-state index is 0.00339. The lowest BCUT2D eigenvalue weighted by molar-refractivity contribution is -0.114. The summed E-state index contributed by atoms with van der Waals surface area (Å²) < 4.78 is 56.5. The lowest BCUT2D eigenvalue weighted by Crippen LogP contribution is -2.38. The summed E-state index contributed by atoms with van der Waals surface area (Å²) >= 11 is 0. The number of hydrogen-bond acceptors (Lipinski definition) is 4. The molecule has 3 aromatic rings. The molecule has 1 N–H and O–H groups in total. The van der Waals surface area contributed by atoms with Crippen LogP contribution >= 0.6 is 0 Å². The Morgan fingerprint density at radius 3 is 2.29 bits per heavy atom. The number of carbonyl (C=O) groups excluding carboxylic acids is 1. The standard InChI is InChI=1S/C21H22F2N4O3S/c1-13-5-8-17(9-6-13)27(31(29,30)21-14(2)25-26(4)15(21)3)12-20(28)24-19-10-7-16(22)11-18(19)23/h5-11H,12H2,1-4H3,(H,24,28). The Labute approximate surface area is 179 Å². The zero-order valence-corrected chi connectivity index (χ0v) is 18.3. The Bertz CT molecular complexity index is 1240. The molecule has 1 aromatic heterocycles. The van der Waals surface area contributed by atoms with Gasteiger partial charge >= 0.3 is 0 Å². The Balaban J connectivity index is 2.01. The van der Waals surface area contributed by atoms with Crippen molar-refractivity contribution in [3.05, 3.63) is 71.1 Å². The van der Waals surface area contributed by atoms with Gasteiger partial charge in [-0.25, -0.2) is 17.2 Å². The van der Waals surface area contributed by atoms with Gasteiger partial charge in [0.05, 0.1) is 22.8 Å². The number of anilines is 2. The number of amides is 1. The molecule has 0 aliphatic rings. The molecule has 3 rings (SSSR count). The van der Waals surface area contributed by atoms with Gasteiger partial charge in [-0.3, -0.25) is 13.8 Å². The summed E-state index contributed by atoms with van der Waals surface area (Å²) in [6, 6.07) is 9.31. The van der Waals surface area contributed by atoms with Gasteiger partial charge in [0.25, 0.3) is 10.0 Å². The van der Waals surface area contributed by atoms with Crippen molar-refractivity contribution < 1.29 is 22.0 Å². The predicted octanol–water partition coefficient (Wildman–Crippen LogP) is 3.46. The van der Waals surface area contributed by atoms with Crippen molar-refractivity contribution in [2.24, 2.45) is 7.05 Å². The minimum atomic E-state index is -4.18. The molecule has 1 amide bonds. The Kier molecular flexibility index (Phi) is 6.12. The molecule has 0 unspecified atom stereocenters. The molecule has 164 valence electrons. The monoisotopic (exact) mass is 448 g/mol. The molecular formula is C21H22F2N4O3S. The third-order valence-corrected chi connectivity index (χ3v) is 6.83. The summed E-state index contributed by atoms with van der Waals surface area (Å²) in [5.74, 6) is -2.53. The predicted molar refractivity (Wildman–Crippen MR) is 113 cm³/mol. The van der Waals surface area contributed by atoms with Gasteiger partial charge in [0.15, 0.2) is 0 Å². The van der Waals surface area contributed by atoms with Crippen LogP contribution in [0.25, 0.3) is 0 Å². The minimum Gasteiger partial charge on any atom is -0.322 e. The van der Waals surface area contributed by atoms with Crippen LogP contribution in [0.3, 0.4) is 0 Å². The van der Waals surface area contributed by atoms with Gasteiger partial charge < -0.3 is 5.32 Å². The fraction of sp³-hybridized carbons (Fsp3) is 0.238. The number of benzene rings is 2. The Hall–Kier alpha value is -3.27. The number of hydrogen-bond donors (Lipinski definition) is 1. The average Bonchev–Trinajstić information content (AvgIpc) is 2.95. The van der Waals surface area contributed by atoms with E-state index >= 15 is 0 Å². The van der Waals surface area contributed by atoms with Gasteiger partial charge in [-0.2, -0.15) is 5.10 Å². The zero-order chi connectivity index (χ0) is 22.9. The normalized spacial score (nSPS) is 11.4. The van der Waals surface area contributed by atoms with E-state index in [2.05, 4.69) is 10.4 Å². The summed E-state index contributed by atoms with van der Waals surface area (Å²) in [6.45, 7) is 4.42. The van der Waals surface area contributed by atoms with E-state index < -0.39 is 34.1 Å². The van der Waals surface area contributed by atoms with Crippen molar-refractivity contribution >= 4 is 27.3 Å². The summed E-state index contributed by atoms with van der Waals surface area (Å²) in [7, 11) is -2.55. The molecule has 2 aromatic carbocycles. The molecule has 1 heterocycles. The highest BCUT2D eigenvalue weighted by molar-refractivity contribution is 7.93. The van der Waals surface area contributed by atoms with Crippen LogP contribution < -0.4 is 9.62 Å². The summed E-state index contributed by atoms with van der Waals surface area (Å²) in [6.07, 6.45) is 0. The summed E-state index contributed by atoms with van der Waals surface area (Å²) in [4.78, 5) is 12.7. The average molecular weight is 448 g/mol. The number of aryl methyl sites for hydroxylation is 3. The topological polar surface area (TPSA) is 84.3 Å². The van der Waals surface area contributed by atoms with Gasteiger partial charge in [0, 0.05) is 13.1 Å². The van der Waals surface area contributed by atoms with Crippen LogP contribution in [0.5, 0.6) is 0 Å². The summed E-state index contributed by atoms with van der Waals surface area (Å²) in [5.41, 5.74) is 1.64. The molecule has 31 heavy (non-hydrogen) atoms. The Morgan fingerprint density at radius 1 is 1.10 bits per heavy atom. The van der Waals surface area contributed by atoms with E-state index in [-0.39, 0.29) is 16.3 Å². The maximum absolute atomic E-state index is 13.9. The van der Waals surface area contributed by atoms with E-state index in [1.807, 2.05) is 6.92 Å². The molecule has 0 saturated carbocycles. The maximum Gasteiger partial charge on any atom is 0.268 e. The van der Waals surface area contributed by atoms with Crippen LogP contribution in [0, 0.1) is 32.4 Å². The molecule has 0 aliphatic carbocycles. The number of aromatic nitrogens is 2. The second kappa shape index (κ2) is 8.46. The fourth-order valence-electron chi connectivity index (χ4n) is 3.17. The first-order valence-corrected chi connectivity index (χ1v) is 10.8. The van der Waals surface area contributed by atoms with Crippen molar-refractivity contribution in [1.29, 1.82) is 0 Å². The smallest absolute Gasteiger partial charge is 0.268 e. The van der Waals surface area contributed by atoms with Crippen molar-refractivity contribution in [3.8, 4) is 0 Å². The second-order valence-corrected chi connectivity index (χ2v) is 8.94. The molecule has 0 spiro atoms. The number of nitrogens with zero attached hydrogens (tertiary/aromatic N) is 3. The van der Waals surface area contributed by atoms with E-state index in [0.717, 1.165) is 22.0 Å². The van der Waals surface area contributed by atoms with Crippen LogP contribution in [0.15, 0.2) is 47.4 Å². The number of carbonyl (C=O) groups is 1. The molecule has 0 radical (unpaired) electrons. The molecule has 0 saturated heterocycles. The van der Waals surface area contributed by atoms with Crippen LogP contribution in [-0.2, 0) is 21.9 Å². The molecular weight excluding hydrogens is 426 g/mol. The highest BCUT2D eigenvalue weighted by Crippen LogP contribution is 2.28. The highest BCUT2D eigenvalue weighted by atomic mass is 32.2. The lowest BCUT2D eigenvalue weighted by Gasteiger charge is -2.24. The number of halogens is 2. The van der Waals surface area contributed by atoms with E-state index in [1.165, 1.54) is 4.68 Å². The molecule has 7 nitrogen and oxygen atoms in total. The van der Waals surface area contributed by atoms with Gasteiger partial charge in [-0.1, -0.05) is 17.7 Å². The number of sulfonamides is 1. The van der Waals surface area contributed by atoms with E-state index in [9.17, 15) is 22.0 Å². The van der Waals surface area contributed by atoms with E-state index in [1.54, 1.807) is 45.2 Å². The zero-order valence-electron chi connectivity index (χ0n) is 17.5. The highest BCUT2D eigenvalue weighted by Gasteiger charge is 2.32. The first-order chi connectivity index (χ1) is 14.5. The van der Waals surface area contributed by atoms with Crippen LogP contribution in [0.4, 0.5) is 20.2 Å². The van der Waals surface area contributed by atoms with Gasteiger partial charge in [0.1, 0.15) is 23.1 Å². The van der Waals surface area contributed by atoms with E-state index in [4.69, 9.17) is 0 Å². The fourth-order valence-corrected chi connectivity index (χ4v) is 5.00. The molecule has 10 heteroatoms. The third kappa shape index (κ3) is 4.58. The quantitative estimate of drug-likeness (QED) is 0.626. The number of nitrogens with one attached hydrogen (secondary N) is 1. The van der Waals surface area contributed by atoms with Gasteiger partial charge in [-0.05, 0) is 45.0 Å². The lowest BCUT2D eigenvalue weighted by atomic mass is 10.2. The number of rotatable bonds is 6. The van der Waals surface area contributed by atoms with Crippen molar-refractivity contribution in [3.63, 3.8) is 0 Å². The molecule has 0 fully saturated rings. The molecule has 0 aliphatic heterocycles. The van der Waals surface area contributed by atoms with Crippen LogP contribution in [0.1, 0.15) is 17.0 Å². The largest absolute Gasteiger partial charge is 0.322 e. The molecule has 0 atom stereocenters. The first-order valence-electron chi connectivity index (χ1n) is 9.35. The first kappa shape index (κ1) is 22.4. The maximum atomic E-state index is 13.9. The van der Waals surface area contributed by atoms with Crippen molar-refractivity contribution in [2.45, 2.75) is 25.7 Å². The summed E-state index contributed by atoms with van der Waals surface area (Å²) in [5, 5.41) is 6.46. The van der Waals surface area contributed by atoms with Crippen LogP contribution in [-0.4, -0.2) is 30.7 Å². The Morgan fingerprint density at radius 2 is 1.74 bits per heavy atom. The molecule has 0 bridgehead atoms. The van der Waals surface area contributed by atoms with Crippen LogP contribution in [0.2, 0.25) is 0 Å². The third-order valence-electron chi connectivity index (χ3n) is 4.81. The van der Waals surface area contributed by atoms with E-state index in [0.29, 0.717) is 17.5 Å². The van der Waals surface area contributed by atoms with Crippen molar-refractivity contribution in [2.75, 3.05) is 16.2 Å². The van der Waals surface area contributed by atoms with Crippen molar-refractivity contribution in [1.82, 2.24) is 9.78 Å². The SMILES string of the molecule is Cc1ccc(N(CC(=O)Nc2ccc(F)cc2F)S(=O)(=O)c2c(C)nn(C)c2C)cc1. The van der Waals surface area contributed by atoms with Gasteiger partial charge in [0.2, 0.25) is 5.91 Å².